The molecular formula is C10H20N2O2. The Morgan fingerprint density at radius 2 is 2.50 bits per heavy atom. The van der Waals surface area contributed by atoms with Gasteiger partial charge in [-0.3, -0.25) is 4.79 Å². The van der Waals surface area contributed by atoms with Crippen LogP contribution in [0.4, 0.5) is 0 Å². The molecule has 1 rings (SSSR count). The van der Waals surface area contributed by atoms with Gasteiger partial charge in [0.25, 0.3) is 0 Å². The van der Waals surface area contributed by atoms with Crippen LogP contribution < -0.4 is 10.6 Å². The number of methoxy groups -OCH3 is 1. The van der Waals surface area contributed by atoms with E-state index in [1.54, 1.807) is 0 Å². The zero-order chi connectivity index (χ0) is 10.2. The molecule has 0 radical (unpaired) electrons. The van der Waals surface area contributed by atoms with Gasteiger partial charge in [0.15, 0.2) is 0 Å². The van der Waals surface area contributed by atoms with E-state index in [1.807, 2.05) is 0 Å². The molecule has 0 aliphatic carbocycles. The van der Waals surface area contributed by atoms with Gasteiger partial charge in [0.2, 0.25) is 5.91 Å². The monoisotopic (exact) mass is 200 g/mol. The molecule has 0 unspecified atom stereocenters. The Balaban J connectivity index is 1.99. The lowest BCUT2D eigenvalue weighted by atomic mass is 9.96. The fourth-order valence-corrected chi connectivity index (χ4v) is 1.77. The molecule has 82 valence electrons. The standard InChI is InChI=1S/C10H20N2O2/c1-14-8-10(13)12-6-4-9-3-2-5-11-7-9/h9,11H,2-8H2,1H3,(H,12,13)/t9-/m0/s1. The molecule has 2 N–H and O–H groups in total. The zero-order valence-electron chi connectivity index (χ0n) is 8.84. The van der Waals surface area contributed by atoms with Crippen LogP contribution in [0.2, 0.25) is 0 Å². The van der Waals surface area contributed by atoms with Crippen molar-refractivity contribution in [2.24, 2.45) is 5.92 Å². The van der Waals surface area contributed by atoms with Crippen molar-refractivity contribution < 1.29 is 9.53 Å². The summed E-state index contributed by atoms with van der Waals surface area (Å²) in [7, 11) is 1.53. The minimum Gasteiger partial charge on any atom is -0.375 e. The number of ether oxygens (including phenoxy) is 1. The fourth-order valence-electron chi connectivity index (χ4n) is 1.77. The van der Waals surface area contributed by atoms with Gasteiger partial charge in [-0.25, -0.2) is 0 Å². The molecule has 0 aromatic heterocycles. The first-order valence-electron chi connectivity index (χ1n) is 5.29. The van der Waals surface area contributed by atoms with Gasteiger partial charge in [-0.1, -0.05) is 0 Å². The largest absolute Gasteiger partial charge is 0.375 e. The van der Waals surface area contributed by atoms with Crippen molar-refractivity contribution in [3.05, 3.63) is 0 Å². The minimum atomic E-state index is -0.0173. The normalized spacial score (nSPS) is 21.9. The Kier molecular flexibility index (Phi) is 5.56. The van der Waals surface area contributed by atoms with E-state index in [-0.39, 0.29) is 12.5 Å². The Hall–Kier alpha value is -0.610. The summed E-state index contributed by atoms with van der Waals surface area (Å²) < 4.78 is 4.72. The highest BCUT2D eigenvalue weighted by Crippen LogP contribution is 2.12. The van der Waals surface area contributed by atoms with E-state index >= 15 is 0 Å². The molecule has 1 saturated heterocycles. The lowest BCUT2D eigenvalue weighted by Crippen LogP contribution is -2.34. The highest BCUT2D eigenvalue weighted by Gasteiger charge is 2.12. The first kappa shape index (κ1) is 11.5. The summed E-state index contributed by atoms with van der Waals surface area (Å²) in [5, 5.41) is 6.20. The van der Waals surface area contributed by atoms with Gasteiger partial charge in [0.05, 0.1) is 0 Å². The van der Waals surface area contributed by atoms with Crippen molar-refractivity contribution in [1.29, 1.82) is 0 Å². The number of carbonyl (C=O) groups is 1. The number of nitrogens with one attached hydrogen (secondary N) is 2. The van der Waals surface area contributed by atoms with Gasteiger partial charge < -0.3 is 15.4 Å². The first-order chi connectivity index (χ1) is 6.83. The van der Waals surface area contributed by atoms with Crippen molar-refractivity contribution in [2.75, 3.05) is 33.4 Å². The van der Waals surface area contributed by atoms with E-state index in [4.69, 9.17) is 4.74 Å². The SMILES string of the molecule is COCC(=O)NCC[C@@H]1CCCNC1. The molecule has 1 fully saturated rings. The lowest BCUT2D eigenvalue weighted by molar-refractivity contribution is -0.124. The molecule has 0 bridgehead atoms. The first-order valence-corrected chi connectivity index (χ1v) is 5.29. The summed E-state index contributed by atoms with van der Waals surface area (Å²) in [6, 6.07) is 0. The number of amides is 1. The smallest absolute Gasteiger partial charge is 0.245 e. The van der Waals surface area contributed by atoms with Gasteiger partial charge in [0.1, 0.15) is 6.61 Å². The number of rotatable bonds is 5. The van der Waals surface area contributed by atoms with Crippen LogP contribution >= 0.6 is 0 Å². The summed E-state index contributed by atoms with van der Waals surface area (Å²) in [5.74, 6) is 0.711. The molecule has 1 aliphatic heterocycles. The predicted molar refractivity (Wildman–Crippen MR) is 55.1 cm³/mol. The molecular weight excluding hydrogens is 180 g/mol. The average Bonchev–Trinajstić information content (AvgIpc) is 2.20. The zero-order valence-corrected chi connectivity index (χ0v) is 8.84. The summed E-state index contributed by atoms with van der Waals surface area (Å²) in [6.07, 6.45) is 3.62. The van der Waals surface area contributed by atoms with Crippen molar-refractivity contribution in [3.8, 4) is 0 Å². The maximum atomic E-state index is 11.0. The van der Waals surface area contributed by atoms with Crippen LogP contribution in [0.1, 0.15) is 19.3 Å². The topological polar surface area (TPSA) is 50.4 Å². The van der Waals surface area contributed by atoms with E-state index in [0.29, 0.717) is 0 Å². The van der Waals surface area contributed by atoms with E-state index in [2.05, 4.69) is 10.6 Å². The predicted octanol–water partition coefficient (Wildman–Crippen LogP) is 0.139. The molecule has 1 atom stereocenters. The van der Waals surface area contributed by atoms with Gasteiger partial charge in [-0.05, 0) is 38.3 Å². The summed E-state index contributed by atoms with van der Waals surface area (Å²) in [6.45, 7) is 3.18. The summed E-state index contributed by atoms with van der Waals surface area (Å²) >= 11 is 0. The van der Waals surface area contributed by atoms with Crippen LogP contribution in [-0.2, 0) is 9.53 Å². The second-order valence-corrected chi connectivity index (χ2v) is 3.78. The quantitative estimate of drug-likeness (QED) is 0.663. The molecule has 0 aromatic carbocycles. The lowest BCUT2D eigenvalue weighted by Gasteiger charge is -2.22. The van der Waals surface area contributed by atoms with Crippen molar-refractivity contribution in [2.45, 2.75) is 19.3 Å². The molecule has 0 saturated carbocycles. The Morgan fingerprint density at radius 3 is 3.14 bits per heavy atom. The van der Waals surface area contributed by atoms with Crippen LogP contribution in [0.25, 0.3) is 0 Å². The third-order valence-electron chi connectivity index (χ3n) is 2.55. The molecule has 1 aliphatic rings. The molecule has 1 heterocycles. The fraction of sp³-hybridized carbons (Fsp3) is 0.900. The van der Waals surface area contributed by atoms with Gasteiger partial charge in [0, 0.05) is 13.7 Å². The molecule has 14 heavy (non-hydrogen) atoms. The average molecular weight is 200 g/mol. The Morgan fingerprint density at radius 1 is 1.64 bits per heavy atom. The summed E-state index contributed by atoms with van der Waals surface area (Å²) in [5.41, 5.74) is 0. The van der Waals surface area contributed by atoms with Crippen LogP contribution in [-0.4, -0.2) is 39.3 Å². The van der Waals surface area contributed by atoms with E-state index in [0.717, 1.165) is 32.0 Å². The Bertz CT molecular complexity index is 168. The maximum Gasteiger partial charge on any atom is 0.245 e. The van der Waals surface area contributed by atoms with E-state index in [9.17, 15) is 4.79 Å². The van der Waals surface area contributed by atoms with Crippen molar-refractivity contribution >= 4 is 5.91 Å². The molecule has 4 heteroatoms. The van der Waals surface area contributed by atoms with E-state index < -0.39 is 0 Å². The number of hydrogen-bond acceptors (Lipinski definition) is 3. The van der Waals surface area contributed by atoms with Gasteiger partial charge in [-0.2, -0.15) is 0 Å². The molecule has 0 aromatic rings. The highest BCUT2D eigenvalue weighted by molar-refractivity contribution is 5.77. The second-order valence-electron chi connectivity index (χ2n) is 3.78. The van der Waals surface area contributed by atoms with Crippen molar-refractivity contribution in [3.63, 3.8) is 0 Å². The van der Waals surface area contributed by atoms with Crippen LogP contribution in [0.5, 0.6) is 0 Å². The van der Waals surface area contributed by atoms with Crippen LogP contribution in [0.15, 0.2) is 0 Å². The third kappa shape index (κ3) is 4.58. The summed E-state index contributed by atoms with van der Waals surface area (Å²) in [4.78, 5) is 11.0. The van der Waals surface area contributed by atoms with Gasteiger partial charge in [-0.15, -0.1) is 0 Å². The number of hydrogen-bond donors (Lipinski definition) is 2. The second kappa shape index (κ2) is 6.79. The number of piperidine rings is 1. The van der Waals surface area contributed by atoms with E-state index in [1.165, 1.54) is 20.0 Å². The van der Waals surface area contributed by atoms with Crippen LogP contribution in [0.3, 0.4) is 0 Å². The third-order valence-corrected chi connectivity index (χ3v) is 2.55. The molecule has 1 amide bonds. The Labute approximate surface area is 85.4 Å². The highest BCUT2D eigenvalue weighted by atomic mass is 16.5. The maximum absolute atomic E-state index is 11.0. The minimum absolute atomic E-state index is 0.0173. The van der Waals surface area contributed by atoms with Gasteiger partial charge >= 0.3 is 0 Å². The molecule has 4 nitrogen and oxygen atoms in total. The molecule has 0 spiro atoms. The van der Waals surface area contributed by atoms with Crippen LogP contribution in [0, 0.1) is 5.92 Å². The number of carbonyl (C=O) groups excluding carboxylic acids is 1. The van der Waals surface area contributed by atoms with Crippen molar-refractivity contribution in [1.82, 2.24) is 10.6 Å².